The average Bonchev–Trinajstić information content (AvgIpc) is 2.94. The minimum atomic E-state index is -0.720. The lowest BCUT2D eigenvalue weighted by atomic mass is 10.1. The van der Waals surface area contributed by atoms with E-state index in [1.807, 2.05) is 6.20 Å². The number of aliphatic carboxylic acids is 1. The molecular weight excluding hydrogens is 230 g/mol. The van der Waals surface area contributed by atoms with Crippen LogP contribution in [0.2, 0.25) is 0 Å². The smallest absolute Gasteiger partial charge is 0.304 e. The summed E-state index contributed by atoms with van der Waals surface area (Å²) in [6, 6.07) is 2.41. The molecule has 0 bridgehead atoms. The van der Waals surface area contributed by atoms with Crippen molar-refractivity contribution < 1.29 is 9.90 Å². The van der Waals surface area contributed by atoms with Crippen molar-refractivity contribution in [1.82, 2.24) is 14.7 Å². The summed E-state index contributed by atoms with van der Waals surface area (Å²) in [6.45, 7) is 4.71. The van der Waals surface area contributed by atoms with Crippen molar-refractivity contribution >= 4 is 5.97 Å². The molecule has 5 nitrogen and oxygen atoms in total. The van der Waals surface area contributed by atoms with Crippen LogP contribution in [-0.4, -0.2) is 38.8 Å². The first-order chi connectivity index (χ1) is 8.72. The molecule has 1 aliphatic rings. The summed E-state index contributed by atoms with van der Waals surface area (Å²) in [5.74, 6) is -0.720. The van der Waals surface area contributed by atoms with Gasteiger partial charge in [-0.3, -0.25) is 14.4 Å². The molecule has 1 fully saturated rings. The van der Waals surface area contributed by atoms with Crippen LogP contribution in [-0.2, 0) is 11.3 Å². The number of hydrogen-bond donors (Lipinski definition) is 1. The third-order valence-electron chi connectivity index (χ3n) is 3.50. The first kappa shape index (κ1) is 13.1. The van der Waals surface area contributed by atoms with Gasteiger partial charge in [-0.2, -0.15) is 5.10 Å². The molecule has 0 aliphatic carbocycles. The van der Waals surface area contributed by atoms with Crippen LogP contribution >= 0.6 is 0 Å². The normalized spacial score (nSPS) is 20.4. The van der Waals surface area contributed by atoms with Crippen LogP contribution in [0.15, 0.2) is 12.3 Å². The Morgan fingerprint density at radius 1 is 1.56 bits per heavy atom. The lowest BCUT2D eigenvalue weighted by Gasteiger charge is -2.24. The van der Waals surface area contributed by atoms with Crippen molar-refractivity contribution in [2.24, 2.45) is 0 Å². The molecule has 1 saturated heterocycles. The van der Waals surface area contributed by atoms with Gasteiger partial charge < -0.3 is 5.11 Å². The molecule has 2 heterocycles. The third-order valence-corrected chi connectivity index (χ3v) is 3.50. The van der Waals surface area contributed by atoms with E-state index in [0.29, 0.717) is 12.6 Å². The van der Waals surface area contributed by atoms with Gasteiger partial charge in [-0.1, -0.05) is 6.92 Å². The van der Waals surface area contributed by atoms with Gasteiger partial charge in [0.1, 0.15) is 0 Å². The molecule has 0 spiro atoms. The number of aryl methyl sites for hydroxylation is 1. The molecule has 100 valence electrons. The maximum absolute atomic E-state index is 10.7. The summed E-state index contributed by atoms with van der Waals surface area (Å²) < 4.78 is 2.06. The van der Waals surface area contributed by atoms with Crippen LogP contribution in [0.3, 0.4) is 0 Å². The number of carbonyl (C=O) groups is 1. The second-order valence-electron chi connectivity index (χ2n) is 4.82. The molecule has 5 heteroatoms. The fourth-order valence-corrected chi connectivity index (χ4v) is 2.69. The van der Waals surface area contributed by atoms with E-state index >= 15 is 0 Å². The molecule has 0 saturated carbocycles. The highest BCUT2D eigenvalue weighted by molar-refractivity contribution is 5.66. The Morgan fingerprint density at radius 2 is 2.39 bits per heavy atom. The lowest BCUT2D eigenvalue weighted by Crippen LogP contribution is -2.27. The Kier molecular flexibility index (Phi) is 4.36. The molecule has 18 heavy (non-hydrogen) atoms. The van der Waals surface area contributed by atoms with E-state index in [0.717, 1.165) is 32.4 Å². The van der Waals surface area contributed by atoms with E-state index in [1.54, 1.807) is 0 Å². The van der Waals surface area contributed by atoms with Gasteiger partial charge in [0.25, 0.3) is 0 Å². The average molecular weight is 251 g/mol. The fourth-order valence-electron chi connectivity index (χ4n) is 2.69. The number of hydrogen-bond acceptors (Lipinski definition) is 3. The molecule has 0 amide bonds. The van der Waals surface area contributed by atoms with Crippen LogP contribution in [0, 0.1) is 0 Å². The Balaban J connectivity index is 2.05. The highest BCUT2D eigenvalue weighted by Gasteiger charge is 2.28. The van der Waals surface area contributed by atoms with Gasteiger partial charge in [-0.05, 0) is 31.9 Å². The number of rotatable bonds is 6. The summed E-state index contributed by atoms with van der Waals surface area (Å²) in [6.07, 6.45) is 5.38. The third kappa shape index (κ3) is 2.90. The van der Waals surface area contributed by atoms with Crippen LogP contribution in [0.25, 0.3) is 0 Å². The predicted octanol–water partition coefficient (Wildman–Crippen LogP) is 1.90. The van der Waals surface area contributed by atoms with E-state index in [9.17, 15) is 4.79 Å². The highest BCUT2D eigenvalue weighted by Crippen LogP contribution is 2.31. The van der Waals surface area contributed by atoms with Crippen molar-refractivity contribution in [2.75, 3.05) is 13.1 Å². The van der Waals surface area contributed by atoms with Crippen LogP contribution in [0.5, 0.6) is 0 Å². The van der Waals surface area contributed by atoms with Gasteiger partial charge in [0, 0.05) is 19.3 Å². The molecule has 0 radical (unpaired) electrons. The van der Waals surface area contributed by atoms with Gasteiger partial charge in [0.2, 0.25) is 0 Å². The van der Waals surface area contributed by atoms with E-state index in [4.69, 9.17) is 5.11 Å². The van der Waals surface area contributed by atoms with E-state index in [1.165, 1.54) is 5.69 Å². The molecule has 0 aromatic carbocycles. The maximum Gasteiger partial charge on any atom is 0.304 e. The van der Waals surface area contributed by atoms with Crippen molar-refractivity contribution in [2.45, 2.75) is 45.2 Å². The molecule has 1 aromatic rings. The van der Waals surface area contributed by atoms with Crippen LogP contribution in [0.1, 0.15) is 44.3 Å². The van der Waals surface area contributed by atoms with E-state index < -0.39 is 5.97 Å². The van der Waals surface area contributed by atoms with E-state index in [2.05, 4.69) is 27.7 Å². The molecule has 1 atom stereocenters. The molecule has 0 unspecified atom stereocenters. The number of carboxylic acids is 1. The largest absolute Gasteiger partial charge is 0.481 e. The van der Waals surface area contributed by atoms with Crippen molar-refractivity contribution in [3.8, 4) is 0 Å². The second kappa shape index (κ2) is 6.00. The number of nitrogens with zero attached hydrogens (tertiary/aromatic N) is 3. The van der Waals surface area contributed by atoms with Gasteiger partial charge in [-0.25, -0.2) is 0 Å². The van der Waals surface area contributed by atoms with Crippen molar-refractivity contribution in [3.05, 3.63) is 18.0 Å². The Labute approximate surface area is 107 Å². The summed E-state index contributed by atoms with van der Waals surface area (Å²) in [7, 11) is 0. The molecule has 1 aliphatic heterocycles. The minimum absolute atomic E-state index is 0.221. The fraction of sp³-hybridized carbons (Fsp3) is 0.692. The number of likely N-dealkylation sites (tertiary alicyclic amines) is 1. The first-order valence-electron chi connectivity index (χ1n) is 6.70. The molecule has 1 N–H and O–H groups in total. The molecular formula is C13H21N3O2. The Bertz CT molecular complexity index is 403. The van der Waals surface area contributed by atoms with Gasteiger partial charge >= 0.3 is 5.97 Å². The van der Waals surface area contributed by atoms with Crippen molar-refractivity contribution in [3.63, 3.8) is 0 Å². The Hall–Kier alpha value is -1.36. The van der Waals surface area contributed by atoms with Gasteiger partial charge in [-0.15, -0.1) is 0 Å². The van der Waals surface area contributed by atoms with Gasteiger partial charge in [0.05, 0.1) is 18.2 Å². The zero-order valence-corrected chi connectivity index (χ0v) is 10.9. The van der Waals surface area contributed by atoms with Crippen LogP contribution in [0.4, 0.5) is 0 Å². The summed E-state index contributed by atoms with van der Waals surface area (Å²) in [4.78, 5) is 12.9. The highest BCUT2D eigenvalue weighted by atomic mass is 16.4. The second-order valence-corrected chi connectivity index (χ2v) is 4.82. The van der Waals surface area contributed by atoms with Crippen molar-refractivity contribution in [1.29, 1.82) is 0 Å². The van der Waals surface area contributed by atoms with Crippen LogP contribution < -0.4 is 0 Å². The zero-order valence-electron chi connectivity index (χ0n) is 10.9. The number of carboxylic acid groups (broad SMARTS) is 1. The summed E-state index contributed by atoms with van der Waals surface area (Å²) in [5, 5.41) is 13.1. The standard InChI is InChI=1S/C13H21N3O2/c1-2-8-16-12(5-7-14-16)11-4-3-9-15(11)10-6-13(17)18/h5,7,11H,2-4,6,8-10H2,1H3,(H,17,18)/t11-/m0/s1. The summed E-state index contributed by atoms with van der Waals surface area (Å²) >= 11 is 0. The maximum atomic E-state index is 10.7. The predicted molar refractivity (Wildman–Crippen MR) is 68.3 cm³/mol. The quantitative estimate of drug-likeness (QED) is 0.839. The van der Waals surface area contributed by atoms with Gasteiger partial charge in [0.15, 0.2) is 0 Å². The monoisotopic (exact) mass is 251 g/mol. The first-order valence-corrected chi connectivity index (χ1v) is 6.70. The minimum Gasteiger partial charge on any atom is -0.481 e. The molecule has 2 rings (SSSR count). The van der Waals surface area contributed by atoms with E-state index in [-0.39, 0.29) is 6.42 Å². The SMILES string of the molecule is CCCn1nccc1[C@@H]1CCCN1CCC(=O)O. The zero-order chi connectivity index (χ0) is 13.0. The Morgan fingerprint density at radius 3 is 3.11 bits per heavy atom. The lowest BCUT2D eigenvalue weighted by molar-refractivity contribution is -0.137. The summed E-state index contributed by atoms with van der Waals surface area (Å²) in [5.41, 5.74) is 1.24. The topological polar surface area (TPSA) is 58.4 Å². The number of aromatic nitrogens is 2. The molecule has 1 aromatic heterocycles.